The van der Waals surface area contributed by atoms with E-state index >= 15 is 0 Å². The highest BCUT2D eigenvalue weighted by Crippen LogP contribution is 2.00. The van der Waals surface area contributed by atoms with Crippen molar-refractivity contribution in [2.75, 3.05) is 13.1 Å². The number of aromatic nitrogens is 1. The molecule has 0 aliphatic heterocycles. The number of hydrogen-bond donors (Lipinski definition) is 2. The molecule has 1 aromatic rings. The normalized spacial score (nSPS) is 10.5. The number of rotatable bonds is 5. The molecule has 0 radical (unpaired) electrons. The molecule has 0 saturated carbocycles. The minimum absolute atomic E-state index is 0.701. The predicted molar refractivity (Wildman–Crippen MR) is 50.9 cm³/mol. The Kier molecular flexibility index (Phi) is 3.84. The Morgan fingerprint density at radius 2 is 2.42 bits per heavy atom. The summed E-state index contributed by atoms with van der Waals surface area (Å²) in [7, 11) is 0. The van der Waals surface area contributed by atoms with Crippen LogP contribution in [0.1, 0.15) is 12.6 Å². The maximum absolute atomic E-state index is 5.37. The topological polar surface area (TPSA) is 43.0 Å². The molecule has 0 spiro atoms. The van der Waals surface area contributed by atoms with Gasteiger partial charge in [-0.2, -0.15) is 0 Å². The summed E-state index contributed by atoms with van der Waals surface area (Å²) in [6.07, 6.45) is 2.10. The fraction of sp³-hybridized carbons (Fsp3) is 0.556. The molecule has 12 heavy (non-hydrogen) atoms. The van der Waals surface area contributed by atoms with E-state index in [-0.39, 0.29) is 0 Å². The van der Waals surface area contributed by atoms with Gasteiger partial charge in [-0.15, -0.1) is 0 Å². The molecular weight excluding hydrogens is 150 g/mol. The summed E-state index contributed by atoms with van der Waals surface area (Å²) in [6, 6.07) is 4.20. The van der Waals surface area contributed by atoms with E-state index in [1.807, 2.05) is 0 Å². The van der Waals surface area contributed by atoms with E-state index < -0.39 is 0 Å². The first-order valence-corrected chi connectivity index (χ1v) is 4.43. The lowest BCUT2D eigenvalue weighted by atomic mass is 10.4. The summed E-state index contributed by atoms with van der Waals surface area (Å²) < 4.78 is 2.23. The maximum atomic E-state index is 5.37. The van der Waals surface area contributed by atoms with Gasteiger partial charge in [0.1, 0.15) is 0 Å². The van der Waals surface area contributed by atoms with Crippen LogP contribution in [-0.4, -0.2) is 17.7 Å². The number of hydrogen-bond acceptors (Lipinski definition) is 2. The number of aryl methyl sites for hydroxylation is 1. The summed E-state index contributed by atoms with van der Waals surface area (Å²) in [5, 5.41) is 3.27. The zero-order chi connectivity index (χ0) is 8.81. The quantitative estimate of drug-likeness (QED) is 0.629. The largest absolute Gasteiger partial charge is 0.351 e. The Morgan fingerprint density at radius 1 is 1.58 bits per heavy atom. The van der Waals surface area contributed by atoms with Crippen LogP contribution in [-0.2, 0) is 13.1 Å². The van der Waals surface area contributed by atoms with E-state index in [1.165, 1.54) is 5.69 Å². The van der Waals surface area contributed by atoms with Crippen LogP contribution in [0, 0.1) is 0 Å². The van der Waals surface area contributed by atoms with Crippen LogP contribution < -0.4 is 11.1 Å². The highest BCUT2D eigenvalue weighted by Gasteiger charge is 1.96. The minimum Gasteiger partial charge on any atom is -0.351 e. The second-order valence-electron chi connectivity index (χ2n) is 2.75. The van der Waals surface area contributed by atoms with Gasteiger partial charge in [-0.3, -0.25) is 0 Å². The molecule has 3 nitrogen and oxygen atoms in total. The molecule has 3 N–H and O–H groups in total. The third kappa shape index (κ3) is 2.36. The van der Waals surface area contributed by atoms with E-state index in [2.05, 4.69) is 35.1 Å². The van der Waals surface area contributed by atoms with Crippen molar-refractivity contribution in [2.24, 2.45) is 5.73 Å². The lowest BCUT2D eigenvalue weighted by Gasteiger charge is -2.06. The van der Waals surface area contributed by atoms with Crippen LogP contribution in [0.5, 0.6) is 0 Å². The van der Waals surface area contributed by atoms with Crippen LogP contribution in [0.25, 0.3) is 0 Å². The molecule has 0 atom stereocenters. The van der Waals surface area contributed by atoms with Gasteiger partial charge in [0.15, 0.2) is 0 Å². The Labute approximate surface area is 73.6 Å². The van der Waals surface area contributed by atoms with E-state index in [9.17, 15) is 0 Å². The Bertz CT molecular complexity index is 217. The Morgan fingerprint density at radius 3 is 3.08 bits per heavy atom. The Hall–Kier alpha value is -0.800. The average Bonchev–Trinajstić information content (AvgIpc) is 2.52. The van der Waals surface area contributed by atoms with Gasteiger partial charge in [0.2, 0.25) is 0 Å². The van der Waals surface area contributed by atoms with Gasteiger partial charge in [0, 0.05) is 38.1 Å². The zero-order valence-corrected chi connectivity index (χ0v) is 7.59. The summed E-state index contributed by atoms with van der Waals surface area (Å²) in [4.78, 5) is 0. The van der Waals surface area contributed by atoms with Crippen LogP contribution in [0.3, 0.4) is 0 Å². The number of nitrogens with two attached hydrogens (primary N) is 1. The molecule has 1 heterocycles. The monoisotopic (exact) mass is 167 g/mol. The van der Waals surface area contributed by atoms with Gasteiger partial charge >= 0.3 is 0 Å². The highest BCUT2D eigenvalue weighted by atomic mass is 15.0. The maximum Gasteiger partial charge on any atom is 0.0359 e. The van der Waals surface area contributed by atoms with Gasteiger partial charge in [-0.25, -0.2) is 0 Å². The summed E-state index contributed by atoms with van der Waals surface area (Å²) in [5.41, 5.74) is 6.69. The average molecular weight is 167 g/mol. The van der Waals surface area contributed by atoms with Gasteiger partial charge < -0.3 is 15.6 Å². The van der Waals surface area contributed by atoms with Crippen molar-refractivity contribution in [3.05, 3.63) is 24.0 Å². The van der Waals surface area contributed by atoms with E-state index in [0.29, 0.717) is 6.54 Å². The fourth-order valence-electron chi connectivity index (χ4n) is 1.24. The van der Waals surface area contributed by atoms with Gasteiger partial charge in [0.25, 0.3) is 0 Å². The van der Waals surface area contributed by atoms with E-state index in [4.69, 9.17) is 5.73 Å². The van der Waals surface area contributed by atoms with Crippen LogP contribution >= 0.6 is 0 Å². The summed E-state index contributed by atoms with van der Waals surface area (Å²) >= 11 is 0. The third-order valence-corrected chi connectivity index (χ3v) is 1.89. The third-order valence-electron chi connectivity index (χ3n) is 1.89. The molecule has 0 amide bonds. The molecular formula is C9H17N3. The zero-order valence-electron chi connectivity index (χ0n) is 7.59. The molecule has 0 aromatic carbocycles. The molecule has 0 unspecified atom stereocenters. The van der Waals surface area contributed by atoms with Crippen molar-refractivity contribution < 1.29 is 0 Å². The number of nitrogens with one attached hydrogen (secondary N) is 1. The van der Waals surface area contributed by atoms with Crippen molar-refractivity contribution in [3.63, 3.8) is 0 Å². The number of nitrogens with zero attached hydrogens (tertiary/aromatic N) is 1. The molecule has 1 aromatic heterocycles. The molecule has 0 bridgehead atoms. The molecule has 1 rings (SSSR count). The van der Waals surface area contributed by atoms with Crippen LogP contribution in [0.2, 0.25) is 0 Å². The lowest BCUT2D eigenvalue weighted by Crippen LogP contribution is -2.23. The molecule has 0 aliphatic rings. The first kappa shape index (κ1) is 9.29. The standard InChI is InChI=1S/C9H17N3/c1-2-12-7-3-4-9(12)8-11-6-5-10/h3-4,7,11H,2,5-6,8,10H2,1H3. The smallest absolute Gasteiger partial charge is 0.0359 e. The molecule has 68 valence electrons. The van der Waals surface area contributed by atoms with E-state index in [0.717, 1.165) is 19.6 Å². The van der Waals surface area contributed by atoms with Gasteiger partial charge in [-0.1, -0.05) is 0 Å². The highest BCUT2D eigenvalue weighted by molar-refractivity contribution is 5.06. The van der Waals surface area contributed by atoms with Crippen LogP contribution in [0.4, 0.5) is 0 Å². The van der Waals surface area contributed by atoms with Crippen molar-refractivity contribution in [1.82, 2.24) is 9.88 Å². The van der Waals surface area contributed by atoms with Crippen molar-refractivity contribution >= 4 is 0 Å². The van der Waals surface area contributed by atoms with Crippen molar-refractivity contribution in [3.8, 4) is 0 Å². The Balaban J connectivity index is 2.39. The van der Waals surface area contributed by atoms with Crippen molar-refractivity contribution in [1.29, 1.82) is 0 Å². The molecule has 0 fully saturated rings. The first-order valence-electron chi connectivity index (χ1n) is 4.43. The van der Waals surface area contributed by atoms with Gasteiger partial charge in [-0.05, 0) is 19.1 Å². The van der Waals surface area contributed by atoms with Crippen LogP contribution in [0.15, 0.2) is 18.3 Å². The predicted octanol–water partition coefficient (Wildman–Crippen LogP) is 0.556. The second kappa shape index (κ2) is 4.95. The lowest BCUT2D eigenvalue weighted by molar-refractivity contribution is 0.633. The molecule has 0 saturated heterocycles. The SMILES string of the molecule is CCn1cccc1CNCCN. The summed E-state index contributed by atoms with van der Waals surface area (Å²) in [5.74, 6) is 0. The molecule has 3 heteroatoms. The first-order chi connectivity index (χ1) is 5.88. The van der Waals surface area contributed by atoms with Gasteiger partial charge in [0.05, 0.1) is 0 Å². The second-order valence-corrected chi connectivity index (χ2v) is 2.75. The summed E-state index contributed by atoms with van der Waals surface area (Å²) in [6.45, 7) is 5.68. The van der Waals surface area contributed by atoms with E-state index in [1.54, 1.807) is 0 Å². The fourth-order valence-corrected chi connectivity index (χ4v) is 1.24. The van der Waals surface area contributed by atoms with Crippen molar-refractivity contribution in [2.45, 2.75) is 20.0 Å². The minimum atomic E-state index is 0.701. The molecule has 0 aliphatic carbocycles.